The van der Waals surface area contributed by atoms with Crippen LogP contribution in [-0.2, 0) is 4.79 Å². The first-order valence-corrected chi connectivity index (χ1v) is 6.57. The third-order valence-corrected chi connectivity index (χ3v) is 2.87. The molecule has 1 amide bonds. The van der Waals surface area contributed by atoms with Crippen molar-refractivity contribution in [2.45, 2.75) is 19.4 Å². The van der Waals surface area contributed by atoms with Crippen LogP contribution in [-0.4, -0.2) is 12.0 Å². The predicted molar refractivity (Wildman–Crippen MR) is 76.1 cm³/mol. The fourth-order valence-corrected chi connectivity index (χ4v) is 1.76. The second-order valence-corrected chi connectivity index (χ2v) is 4.46. The Kier molecular flexibility index (Phi) is 4.87. The molecule has 5 heteroatoms. The molecule has 0 aliphatic rings. The highest BCUT2D eigenvalue weighted by molar-refractivity contribution is 5.94. The number of halogens is 2. The first kappa shape index (κ1) is 15.0. The van der Waals surface area contributed by atoms with E-state index in [0.717, 1.165) is 0 Å². The first-order valence-electron chi connectivity index (χ1n) is 6.57. The lowest BCUT2D eigenvalue weighted by Crippen LogP contribution is -2.32. The summed E-state index contributed by atoms with van der Waals surface area (Å²) in [6.07, 6.45) is -0.259. The summed E-state index contributed by atoms with van der Waals surface area (Å²) < 4.78 is 31.1. The van der Waals surface area contributed by atoms with E-state index in [1.165, 1.54) is 48.5 Å². The van der Waals surface area contributed by atoms with Gasteiger partial charge in [-0.3, -0.25) is 4.79 Å². The lowest BCUT2D eigenvalue weighted by Gasteiger charge is -2.17. The van der Waals surface area contributed by atoms with Crippen molar-refractivity contribution in [1.29, 1.82) is 0 Å². The lowest BCUT2D eigenvalue weighted by molar-refractivity contribution is -0.122. The van der Waals surface area contributed by atoms with Crippen LogP contribution in [0.5, 0.6) is 5.75 Å². The molecule has 0 spiro atoms. The van der Waals surface area contributed by atoms with Crippen molar-refractivity contribution >= 4 is 11.6 Å². The van der Waals surface area contributed by atoms with Gasteiger partial charge < -0.3 is 10.1 Å². The molecular formula is C16H15F2NO2. The van der Waals surface area contributed by atoms with Crippen LogP contribution in [0.15, 0.2) is 48.5 Å². The number of benzene rings is 2. The maximum Gasteiger partial charge on any atom is 0.265 e. The highest BCUT2D eigenvalue weighted by atomic mass is 19.1. The lowest BCUT2D eigenvalue weighted by atomic mass is 10.2. The number of anilines is 1. The smallest absolute Gasteiger partial charge is 0.265 e. The molecule has 0 aromatic heterocycles. The summed E-state index contributed by atoms with van der Waals surface area (Å²) in [6.45, 7) is 1.80. The van der Waals surface area contributed by atoms with Gasteiger partial charge in [0.15, 0.2) is 6.10 Å². The van der Waals surface area contributed by atoms with Gasteiger partial charge in [0.1, 0.15) is 17.4 Å². The normalized spacial score (nSPS) is 11.8. The third-order valence-electron chi connectivity index (χ3n) is 2.87. The van der Waals surface area contributed by atoms with Gasteiger partial charge in [-0.15, -0.1) is 0 Å². The quantitative estimate of drug-likeness (QED) is 0.911. The Morgan fingerprint density at radius 3 is 2.10 bits per heavy atom. The van der Waals surface area contributed by atoms with Gasteiger partial charge in [0.25, 0.3) is 5.91 Å². The maximum absolute atomic E-state index is 12.8. The number of ether oxygens (including phenoxy) is 1. The van der Waals surface area contributed by atoms with Crippen molar-refractivity contribution in [3.05, 3.63) is 60.2 Å². The van der Waals surface area contributed by atoms with Gasteiger partial charge in [-0.2, -0.15) is 0 Å². The number of rotatable bonds is 5. The van der Waals surface area contributed by atoms with Crippen LogP contribution < -0.4 is 10.1 Å². The van der Waals surface area contributed by atoms with E-state index in [-0.39, 0.29) is 17.5 Å². The van der Waals surface area contributed by atoms with Gasteiger partial charge in [-0.25, -0.2) is 8.78 Å². The summed E-state index contributed by atoms with van der Waals surface area (Å²) in [5.41, 5.74) is 0.488. The number of amides is 1. The minimum atomic E-state index is -0.708. The molecule has 1 unspecified atom stereocenters. The van der Waals surface area contributed by atoms with Crippen molar-refractivity contribution in [1.82, 2.24) is 0 Å². The van der Waals surface area contributed by atoms with Gasteiger partial charge in [0.05, 0.1) is 0 Å². The van der Waals surface area contributed by atoms with Crippen LogP contribution in [0.2, 0.25) is 0 Å². The van der Waals surface area contributed by atoms with E-state index in [2.05, 4.69) is 5.32 Å². The van der Waals surface area contributed by atoms with Crippen LogP contribution in [0.1, 0.15) is 13.3 Å². The van der Waals surface area contributed by atoms with Gasteiger partial charge >= 0.3 is 0 Å². The van der Waals surface area contributed by atoms with Crippen LogP contribution in [0.4, 0.5) is 14.5 Å². The zero-order valence-corrected chi connectivity index (χ0v) is 11.5. The average Bonchev–Trinajstić information content (AvgIpc) is 2.49. The van der Waals surface area contributed by atoms with Crippen LogP contribution in [0.3, 0.4) is 0 Å². The molecule has 2 aromatic rings. The van der Waals surface area contributed by atoms with Crippen LogP contribution in [0, 0.1) is 11.6 Å². The molecule has 21 heavy (non-hydrogen) atoms. The summed E-state index contributed by atoms with van der Waals surface area (Å²) in [5.74, 6) is -0.667. The fourth-order valence-electron chi connectivity index (χ4n) is 1.76. The van der Waals surface area contributed by atoms with E-state index >= 15 is 0 Å². The summed E-state index contributed by atoms with van der Waals surface area (Å²) in [6, 6.07) is 10.9. The highest BCUT2D eigenvalue weighted by Crippen LogP contribution is 2.16. The zero-order valence-electron chi connectivity index (χ0n) is 11.5. The minimum absolute atomic E-state index is 0.339. The molecule has 0 aliphatic carbocycles. The van der Waals surface area contributed by atoms with Crippen molar-refractivity contribution < 1.29 is 18.3 Å². The van der Waals surface area contributed by atoms with Gasteiger partial charge in [0.2, 0.25) is 0 Å². The second kappa shape index (κ2) is 6.83. The van der Waals surface area contributed by atoms with Crippen molar-refractivity contribution in [3.63, 3.8) is 0 Å². The van der Waals surface area contributed by atoms with Crippen molar-refractivity contribution in [2.24, 2.45) is 0 Å². The molecule has 2 rings (SSSR count). The van der Waals surface area contributed by atoms with Crippen LogP contribution in [0.25, 0.3) is 0 Å². The van der Waals surface area contributed by atoms with E-state index in [4.69, 9.17) is 4.74 Å². The SMILES string of the molecule is CCC(Oc1ccc(F)cc1)C(=O)Nc1ccc(F)cc1. The molecule has 0 fully saturated rings. The number of hydrogen-bond donors (Lipinski definition) is 1. The Bertz CT molecular complexity index is 597. The van der Waals surface area contributed by atoms with E-state index in [9.17, 15) is 13.6 Å². The van der Waals surface area contributed by atoms with Crippen molar-refractivity contribution in [3.8, 4) is 5.75 Å². The summed E-state index contributed by atoms with van der Waals surface area (Å²) in [5, 5.41) is 2.65. The molecular weight excluding hydrogens is 276 g/mol. The zero-order chi connectivity index (χ0) is 15.2. The third kappa shape index (κ3) is 4.27. The molecule has 1 atom stereocenters. The van der Waals surface area contributed by atoms with Crippen molar-refractivity contribution in [2.75, 3.05) is 5.32 Å². The Balaban J connectivity index is 2.01. The molecule has 0 radical (unpaired) electrons. The molecule has 0 bridgehead atoms. The standard InChI is InChI=1S/C16H15F2NO2/c1-2-15(21-14-9-5-12(18)6-10-14)16(20)19-13-7-3-11(17)4-8-13/h3-10,15H,2H2,1H3,(H,19,20). The topological polar surface area (TPSA) is 38.3 Å². The van der Waals surface area contributed by atoms with Gasteiger partial charge in [-0.1, -0.05) is 6.92 Å². The summed E-state index contributed by atoms with van der Waals surface area (Å²) >= 11 is 0. The highest BCUT2D eigenvalue weighted by Gasteiger charge is 2.18. The first-order chi connectivity index (χ1) is 10.1. The van der Waals surface area contributed by atoms with Gasteiger partial charge in [0, 0.05) is 5.69 Å². The molecule has 0 saturated heterocycles. The molecule has 110 valence electrons. The van der Waals surface area contributed by atoms with E-state index in [0.29, 0.717) is 17.9 Å². The number of nitrogens with one attached hydrogen (secondary N) is 1. The Hall–Kier alpha value is -2.43. The molecule has 0 aliphatic heterocycles. The number of carbonyl (C=O) groups excluding carboxylic acids is 1. The Labute approximate surface area is 121 Å². The molecule has 1 N–H and O–H groups in total. The fraction of sp³-hybridized carbons (Fsp3) is 0.188. The van der Waals surface area contributed by atoms with Crippen LogP contribution >= 0.6 is 0 Å². The number of carbonyl (C=O) groups is 1. The predicted octanol–water partition coefficient (Wildman–Crippen LogP) is 3.76. The Morgan fingerprint density at radius 2 is 1.57 bits per heavy atom. The molecule has 0 heterocycles. The Morgan fingerprint density at radius 1 is 1.05 bits per heavy atom. The monoisotopic (exact) mass is 291 g/mol. The molecule has 0 saturated carbocycles. The minimum Gasteiger partial charge on any atom is -0.481 e. The van der Waals surface area contributed by atoms with E-state index in [1.54, 1.807) is 6.92 Å². The van der Waals surface area contributed by atoms with E-state index in [1.807, 2.05) is 0 Å². The summed E-state index contributed by atoms with van der Waals surface area (Å²) in [4.78, 5) is 12.1. The van der Waals surface area contributed by atoms with Gasteiger partial charge in [-0.05, 0) is 55.0 Å². The maximum atomic E-state index is 12.8. The largest absolute Gasteiger partial charge is 0.481 e. The number of hydrogen-bond acceptors (Lipinski definition) is 2. The summed E-state index contributed by atoms with van der Waals surface area (Å²) in [7, 11) is 0. The second-order valence-electron chi connectivity index (χ2n) is 4.46. The van der Waals surface area contributed by atoms with E-state index < -0.39 is 6.10 Å². The molecule has 2 aromatic carbocycles. The molecule has 3 nitrogen and oxygen atoms in total. The average molecular weight is 291 g/mol.